The van der Waals surface area contributed by atoms with E-state index in [2.05, 4.69) is 65.1 Å². The van der Waals surface area contributed by atoms with Crippen LogP contribution in [-0.2, 0) is 21.0 Å². The predicted octanol–water partition coefficient (Wildman–Crippen LogP) is 14.4. The Morgan fingerprint density at radius 1 is 0.692 bits per heavy atom. The molecule has 13 heteroatoms. The first-order valence-electron chi connectivity index (χ1n) is 17.5. The van der Waals surface area contributed by atoms with Gasteiger partial charge in [0.15, 0.2) is 0 Å². The Hall–Kier alpha value is -1.81. The maximum absolute atomic E-state index is 13.9. The zero-order valence-electron chi connectivity index (χ0n) is 29.9. The molecule has 0 nitrogen and oxygen atoms in total. The van der Waals surface area contributed by atoms with Crippen LogP contribution in [0.15, 0.2) is 71.8 Å². The number of hydrogen-bond acceptors (Lipinski definition) is 0. The van der Waals surface area contributed by atoms with Crippen molar-refractivity contribution in [2.24, 2.45) is 5.92 Å². The first-order chi connectivity index (χ1) is 23.9. The van der Waals surface area contributed by atoms with Gasteiger partial charge in [-0.25, -0.2) is 0 Å². The fourth-order valence-electron chi connectivity index (χ4n) is 8.59. The molecule has 0 saturated heterocycles. The van der Waals surface area contributed by atoms with E-state index in [0.29, 0.717) is 23.5 Å². The molecule has 2 aliphatic rings. The van der Waals surface area contributed by atoms with Gasteiger partial charge in [-0.3, -0.25) is 0 Å². The Morgan fingerprint density at radius 2 is 1.21 bits per heavy atom. The Balaban J connectivity index is 1.72. The predicted molar refractivity (Wildman–Crippen MR) is 194 cm³/mol. The molecule has 0 aromatic heterocycles. The van der Waals surface area contributed by atoms with Gasteiger partial charge in [-0.1, -0.05) is 0 Å². The van der Waals surface area contributed by atoms with Crippen LogP contribution in [0.1, 0.15) is 94.0 Å². The molecule has 0 bridgehead atoms. The third kappa shape index (κ3) is 6.05. The normalized spacial score (nSPS) is 19.7. The molecule has 0 spiro atoms. The third-order valence-corrected chi connectivity index (χ3v) is 63.4. The molecule has 3 unspecified atom stereocenters. The molecule has 283 valence electrons. The second-order valence-corrected chi connectivity index (χ2v) is 57.4. The summed E-state index contributed by atoms with van der Waals surface area (Å²) in [7, 11) is 16.8. The second kappa shape index (κ2) is 13.7. The number of allylic oxidation sites excluding steroid dienone is 2. The van der Waals surface area contributed by atoms with E-state index in [1.54, 1.807) is 12.1 Å². The molecule has 2 aliphatic carbocycles. The van der Waals surface area contributed by atoms with E-state index in [1.807, 2.05) is 19.1 Å². The van der Waals surface area contributed by atoms with Crippen molar-refractivity contribution in [2.45, 2.75) is 97.7 Å². The van der Waals surface area contributed by atoms with Crippen LogP contribution in [0.5, 0.6) is 0 Å². The van der Waals surface area contributed by atoms with Gasteiger partial charge in [-0.05, 0) is 0 Å². The Morgan fingerprint density at radius 3 is 1.67 bits per heavy atom. The van der Waals surface area contributed by atoms with Crippen LogP contribution in [0.4, 0.5) is 39.5 Å². The van der Waals surface area contributed by atoms with Crippen LogP contribution in [0.25, 0.3) is 23.3 Å². The number of benzene rings is 3. The summed E-state index contributed by atoms with van der Waals surface area (Å²) in [6.45, 7) is 15.0. The first-order valence-corrected chi connectivity index (χ1v) is 33.8. The number of alkyl halides is 9. The molecule has 0 aliphatic heterocycles. The van der Waals surface area contributed by atoms with Crippen LogP contribution in [0.2, 0.25) is 13.1 Å². The molecule has 0 N–H and O–H groups in total. The van der Waals surface area contributed by atoms with E-state index in [4.69, 9.17) is 17.0 Å². The quantitative estimate of drug-likeness (QED) is 0.148. The summed E-state index contributed by atoms with van der Waals surface area (Å²) in [5.41, 5.74) is -0.147. The number of fused-ring (bicyclic) bond motifs is 2. The molecular formula is C39H42Cl2F9SiZr. The number of rotatable bonds is 9. The van der Waals surface area contributed by atoms with Crippen molar-refractivity contribution in [3.8, 4) is 11.1 Å². The molecule has 52 heavy (non-hydrogen) atoms. The zero-order valence-corrected chi connectivity index (χ0v) is 35.0. The minimum atomic E-state index is -6.70. The van der Waals surface area contributed by atoms with Crippen LogP contribution in [-0.4, -0.2) is 24.5 Å². The molecule has 3 atom stereocenters. The fourth-order valence-corrected chi connectivity index (χ4v) is 40.2. The molecule has 0 amide bonds. The van der Waals surface area contributed by atoms with Gasteiger partial charge in [0.25, 0.3) is 0 Å². The first kappa shape index (κ1) is 41.4. The molecule has 0 heterocycles. The van der Waals surface area contributed by atoms with Crippen LogP contribution in [0, 0.1) is 5.92 Å². The summed E-state index contributed by atoms with van der Waals surface area (Å²) in [5.74, 6) is -1.50. The number of hydrogen-bond donors (Lipinski definition) is 0. The van der Waals surface area contributed by atoms with Crippen LogP contribution < -0.4 is 0 Å². The van der Waals surface area contributed by atoms with Crippen molar-refractivity contribution in [3.05, 3.63) is 105 Å². The summed E-state index contributed by atoms with van der Waals surface area (Å²) in [4.78, 5) is 0. The van der Waals surface area contributed by atoms with E-state index in [9.17, 15) is 39.5 Å². The van der Waals surface area contributed by atoms with E-state index in [1.165, 1.54) is 16.7 Å². The van der Waals surface area contributed by atoms with E-state index in [0.717, 1.165) is 35.3 Å². The van der Waals surface area contributed by atoms with E-state index >= 15 is 0 Å². The van der Waals surface area contributed by atoms with Crippen LogP contribution >= 0.6 is 17.0 Å². The average Bonchev–Trinajstić information content (AvgIpc) is 3.63. The van der Waals surface area contributed by atoms with Crippen molar-refractivity contribution in [3.63, 3.8) is 0 Å². The van der Waals surface area contributed by atoms with Gasteiger partial charge < -0.3 is 0 Å². The molecular weight excluding hydrogens is 830 g/mol. The molecule has 5 rings (SSSR count). The van der Waals surface area contributed by atoms with Crippen molar-refractivity contribution in [1.82, 2.24) is 0 Å². The van der Waals surface area contributed by atoms with Crippen molar-refractivity contribution in [2.75, 3.05) is 0 Å². The standard InChI is InChI=1S/C21H14F9.C16H21.C2H7Si.2ClH.Zr/c1-2-12-10-14-4-3-5-16(17(14)11-12)13-6-8-15(9-7-13)18(19(22,23)24,20(25,26)27)21(28,29)30;1-5-12(4)15-8-6-7-13-9-14(11(2)3)10-16(13)15;1-3-2;;;/h3-11H,2H2,1H3;6-12H,5H2,1-4H3;3H,1-2H3;2*1H;/q;;;;;+2/p-2. The summed E-state index contributed by atoms with van der Waals surface area (Å²) < 4.78 is 125. The van der Waals surface area contributed by atoms with Crippen molar-refractivity contribution in [1.29, 1.82) is 0 Å². The van der Waals surface area contributed by atoms with E-state index < -0.39 is 51.0 Å². The summed E-state index contributed by atoms with van der Waals surface area (Å²) in [6, 6.07) is 14.0. The molecule has 0 fully saturated rings. The van der Waals surface area contributed by atoms with Gasteiger partial charge in [-0.15, -0.1) is 0 Å². The zero-order chi connectivity index (χ0) is 39.0. The Labute approximate surface area is 308 Å². The second-order valence-electron chi connectivity index (χ2n) is 14.9. The number of halogens is 11. The van der Waals surface area contributed by atoms with Gasteiger partial charge in [0.05, 0.1) is 0 Å². The SMILES string of the molecule is CCC1=Cc2c(-c3ccc(C(C(F)(F)F)(C(F)(F)F)C(F)(F)F)cc3)cccc2[CH]1[Zr]([Cl])([Cl])([CH]1C(C(C)C)=Cc2c(C(C)CC)cccc21)[SiH](C)C. The Bertz CT molecular complexity index is 1870. The van der Waals surface area contributed by atoms with Gasteiger partial charge >= 0.3 is 310 Å². The van der Waals surface area contributed by atoms with Crippen molar-refractivity contribution >= 4 is 35.1 Å². The van der Waals surface area contributed by atoms with Gasteiger partial charge in [0, 0.05) is 0 Å². The minimum absolute atomic E-state index is 0.136. The summed E-state index contributed by atoms with van der Waals surface area (Å²) >= 11 is -5.20. The molecule has 0 radical (unpaired) electrons. The summed E-state index contributed by atoms with van der Waals surface area (Å²) in [6.07, 6.45) is -14.3. The Kier molecular flexibility index (Phi) is 10.9. The summed E-state index contributed by atoms with van der Waals surface area (Å²) in [5, 5.41) is 0. The third-order valence-electron chi connectivity index (χ3n) is 11.6. The maximum atomic E-state index is 13.9. The average molecular weight is 872 g/mol. The fraction of sp³-hybridized carbons (Fsp3) is 0.436. The topological polar surface area (TPSA) is 0 Å². The monoisotopic (exact) mass is 869 g/mol. The molecule has 0 saturated carbocycles. The van der Waals surface area contributed by atoms with Gasteiger partial charge in [0.2, 0.25) is 0 Å². The molecule has 3 aromatic carbocycles. The van der Waals surface area contributed by atoms with Crippen molar-refractivity contribution < 1.29 is 55.1 Å². The van der Waals surface area contributed by atoms with Gasteiger partial charge in [-0.2, -0.15) is 0 Å². The van der Waals surface area contributed by atoms with Crippen LogP contribution in [0.3, 0.4) is 0 Å². The van der Waals surface area contributed by atoms with E-state index in [-0.39, 0.29) is 30.9 Å². The molecule has 3 aromatic rings. The van der Waals surface area contributed by atoms with Gasteiger partial charge in [0.1, 0.15) is 0 Å².